The standard InChI is InChI=1S/C9H15NO4/c1-2-7(9(12)13)10-8(11)6-3-4-14-5-6/h6-7H,2-5H2,1H3,(H,10,11)(H,12,13)/t6?,7-/m1/s1. The van der Waals surface area contributed by atoms with Crippen molar-refractivity contribution in [3.8, 4) is 0 Å². The van der Waals surface area contributed by atoms with Crippen LogP contribution in [0.4, 0.5) is 0 Å². The van der Waals surface area contributed by atoms with Gasteiger partial charge in [0.25, 0.3) is 0 Å². The lowest BCUT2D eigenvalue weighted by Gasteiger charge is -2.14. The highest BCUT2D eigenvalue weighted by Crippen LogP contribution is 2.12. The van der Waals surface area contributed by atoms with E-state index in [0.717, 1.165) is 0 Å². The number of hydrogen-bond donors (Lipinski definition) is 2. The van der Waals surface area contributed by atoms with Gasteiger partial charge >= 0.3 is 5.97 Å². The topological polar surface area (TPSA) is 75.6 Å². The van der Waals surface area contributed by atoms with E-state index < -0.39 is 12.0 Å². The van der Waals surface area contributed by atoms with E-state index in [-0.39, 0.29) is 11.8 Å². The Morgan fingerprint density at radius 3 is 2.79 bits per heavy atom. The molecule has 0 spiro atoms. The van der Waals surface area contributed by atoms with Crippen molar-refractivity contribution in [2.24, 2.45) is 5.92 Å². The first-order valence-electron chi connectivity index (χ1n) is 4.76. The Bertz CT molecular complexity index is 223. The van der Waals surface area contributed by atoms with Crippen molar-refractivity contribution in [1.29, 1.82) is 0 Å². The second-order valence-corrected chi connectivity index (χ2v) is 3.37. The summed E-state index contributed by atoms with van der Waals surface area (Å²) in [5.74, 6) is -1.38. The number of ether oxygens (including phenoxy) is 1. The van der Waals surface area contributed by atoms with Gasteiger partial charge in [-0.3, -0.25) is 4.79 Å². The third kappa shape index (κ3) is 2.70. The second-order valence-electron chi connectivity index (χ2n) is 3.37. The summed E-state index contributed by atoms with van der Waals surface area (Å²) < 4.78 is 5.05. The van der Waals surface area contributed by atoms with Crippen LogP contribution in [-0.4, -0.2) is 36.2 Å². The molecule has 1 fully saturated rings. The number of hydrogen-bond acceptors (Lipinski definition) is 3. The van der Waals surface area contributed by atoms with Crippen molar-refractivity contribution in [1.82, 2.24) is 5.32 Å². The molecule has 2 atom stereocenters. The summed E-state index contributed by atoms with van der Waals surface area (Å²) in [6.07, 6.45) is 1.08. The van der Waals surface area contributed by atoms with Crippen LogP contribution < -0.4 is 5.32 Å². The summed E-state index contributed by atoms with van der Waals surface area (Å²) in [6, 6.07) is -0.775. The monoisotopic (exact) mass is 201 g/mol. The summed E-state index contributed by atoms with van der Waals surface area (Å²) >= 11 is 0. The third-order valence-corrected chi connectivity index (χ3v) is 2.32. The highest BCUT2D eigenvalue weighted by Gasteiger charge is 2.26. The molecule has 1 amide bonds. The van der Waals surface area contributed by atoms with Crippen molar-refractivity contribution >= 4 is 11.9 Å². The predicted octanol–water partition coefficient (Wildman–Crippen LogP) is 0.00230. The molecule has 0 bridgehead atoms. The average molecular weight is 201 g/mol. The fraction of sp³-hybridized carbons (Fsp3) is 0.778. The summed E-state index contributed by atoms with van der Waals surface area (Å²) in [4.78, 5) is 22.1. The van der Waals surface area contributed by atoms with Gasteiger partial charge in [0.1, 0.15) is 6.04 Å². The lowest BCUT2D eigenvalue weighted by molar-refractivity contribution is -0.142. The van der Waals surface area contributed by atoms with Crippen molar-refractivity contribution in [3.63, 3.8) is 0 Å². The number of carbonyl (C=O) groups is 2. The van der Waals surface area contributed by atoms with Gasteiger partial charge in [0.2, 0.25) is 5.91 Å². The maximum absolute atomic E-state index is 11.5. The molecule has 1 heterocycles. The Morgan fingerprint density at radius 1 is 1.64 bits per heavy atom. The summed E-state index contributed by atoms with van der Waals surface area (Å²) in [5, 5.41) is 11.2. The number of rotatable bonds is 4. The summed E-state index contributed by atoms with van der Waals surface area (Å²) in [7, 11) is 0. The summed E-state index contributed by atoms with van der Waals surface area (Å²) in [6.45, 7) is 2.72. The van der Waals surface area contributed by atoms with E-state index in [1.54, 1.807) is 6.92 Å². The highest BCUT2D eigenvalue weighted by molar-refractivity contribution is 5.85. The molecule has 0 aliphatic carbocycles. The van der Waals surface area contributed by atoms with Gasteiger partial charge in [-0.25, -0.2) is 4.79 Å². The Labute approximate surface area is 82.4 Å². The van der Waals surface area contributed by atoms with Gasteiger partial charge in [-0.15, -0.1) is 0 Å². The molecule has 0 radical (unpaired) electrons. The first-order valence-corrected chi connectivity index (χ1v) is 4.76. The van der Waals surface area contributed by atoms with Crippen molar-refractivity contribution in [2.45, 2.75) is 25.8 Å². The molecule has 1 unspecified atom stereocenters. The molecule has 1 rings (SSSR count). The molecule has 80 valence electrons. The zero-order valence-corrected chi connectivity index (χ0v) is 8.16. The van der Waals surface area contributed by atoms with Crippen LogP contribution in [0.15, 0.2) is 0 Å². The fourth-order valence-corrected chi connectivity index (χ4v) is 1.37. The van der Waals surface area contributed by atoms with Crippen molar-refractivity contribution in [3.05, 3.63) is 0 Å². The normalized spacial score (nSPS) is 23.1. The minimum absolute atomic E-state index is 0.177. The molecule has 1 saturated heterocycles. The number of aliphatic carboxylic acids is 1. The molecule has 0 saturated carbocycles. The fourth-order valence-electron chi connectivity index (χ4n) is 1.37. The minimum Gasteiger partial charge on any atom is -0.480 e. The van der Waals surface area contributed by atoms with Gasteiger partial charge < -0.3 is 15.2 Å². The van der Waals surface area contributed by atoms with E-state index in [9.17, 15) is 9.59 Å². The van der Waals surface area contributed by atoms with Crippen LogP contribution in [0.3, 0.4) is 0 Å². The Balaban J connectivity index is 2.41. The largest absolute Gasteiger partial charge is 0.480 e. The van der Waals surface area contributed by atoms with Crippen LogP contribution in [-0.2, 0) is 14.3 Å². The van der Waals surface area contributed by atoms with Crippen LogP contribution >= 0.6 is 0 Å². The summed E-state index contributed by atoms with van der Waals surface area (Å²) in [5.41, 5.74) is 0. The molecule has 1 aliphatic rings. The zero-order chi connectivity index (χ0) is 10.6. The third-order valence-electron chi connectivity index (χ3n) is 2.32. The molecule has 14 heavy (non-hydrogen) atoms. The van der Waals surface area contributed by atoms with E-state index in [1.165, 1.54) is 0 Å². The van der Waals surface area contributed by atoms with Gasteiger partial charge in [-0.2, -0.15) is 0 Å². The smallest absolute Gasteiger partial charge is 0.326 e. The van der Waals surface area contributed by atoms with Crippen LogP contribution in [0.25, 0.3) is 0 Å². The van der Waals surface area contributed by atoms with Crippen LogP contribution in [0.5, 0.6) is 0 Å². The van der Waals surface area contributed by atoms with Crippen molar-refractivity contribution in [2.75, 3.05) is 13.2 Å². The Hall–Kier alpha value is -1.10. The van der Waals surface area contributed by atoms with E-state index >= 15 is 0 Å². The lowest BCUT2D eigenvalue weighted by atomic mass is 10.1. The molecular formula is C9H15NO4. The SMILES string of the molecule is CC[C@@H](NC(=O)C1CCOC1)C(=O)O. The van der Waals surface area contributed by atoms with Crippen LogP contribution in [0.2, 0.25) is 0 Å². The number of carboxylic acids is 1. The van der Waals surface area contributed by atoms with Gasteiger partial charge in [-0.1, -0.05) is 6.92 Å². The van der Waals surface area contributed by atoms with Gasteiger partial charge in [-0.05, 0) is 12.8 Å². The van der Waals surface area contributed by atoms with Crippen molar-refractivity contribution < 1.29 is 19.4 Å². The number of carbonyl (C=O) groups excluding carboxylic acids is 1. The van der Waals surface area contributed by atoms with Crippen LogP contribution in [0, 0.1) is 5.92 Å². The molecule has 5 heteroatoms. The minimum atomic E-state index is -0.986. The van der Waals surface area contributed by atoms with Gasteiger partial charge in [0, 0.05) is 6.61 Å². The zero-order valence-electron chi connectivity index (χ0n) is 8.16. The van der Waals surface area contributed by atoms with Crippen LogP contribution in [0.1, 0.15) is 19.8 Å². The molecule has 0 aromatic carbocycles. The molecule has 5 nitrogen and oxygen atoms in total. The predicted molar refractivity (Wildman–Crippen MR) is 48.8 cm³/mol. The molecule has 1 aliphatic heterocycles. The Morgan fingerprint density at radius 2 is 2.36 bits per heavy atom. The second kappa shape index (κ2) is 4.95. The number of carboxylic acid groups (broad SMARTS) is 1. The maximum Gasteiger partial charge on any atom is 0.326 e. The van der Waals surface area contributed by atoms with E-state index in [2.05, 4.69) is 5.32 Å². The first kappa shape index (κ1) is 11.0. The maximum atomic E-state index is 11.5. The number of nitrogens with one attached hydrogen (secondary N) is 1. The molecule has 0 aromatic heterocycles. The first-order chi connectivity index (χ1) is 6.65. The molecule has 0 aromatic rings. The van der Waals surface area contributed by atoms with Gasteiger partial charge in [0.15, 0.2) is 0 Å². The lowest BCUT2D eigenvalue weighted by Crippen LogP contribution is -2.43. The average Bonchev–Trinajstić information content (AvgIpc) is 2.65. The highest BCUT2D eigenvalue weighted by atomic mass is 16.5. The van der Waals surface area contributed by atoms with E-state index in [4.69, 9.17) is 9.84 Å². The van der Waals surface area contributed by atoms with E-state index in [0.29, 0.717) is 26.1 Å². The van der Waals surface area contributed by atoms with E-state index in [1.807, 2.05) is 0 Å². The Kier molecular flexibility index (Phi) is 3.88. The quantitative estimate of drug-likeness (QED) is 0.671. The van der Waals surface area contributed by atoms with Gasteiger partial charge in [0.05, 0.1) is 12.5 Å². The molecule has 2 N–H and O–H groups in total. The number of amides is 1. The molecular weight excluding hydrogens is 186 g/mol.